The Morgan fingerprint density at radius 3 is 2.63 bits per heavy atom. The smallest absolute Gasteiger partial charge is 0.243 e. The van der Waals surface area contributed by atoms with Crippen LogP contribution >= 0.6 is 35.4 Å². The highest BCUT2D eigenvalue weighted by Crippen LogP contribution is 2.29. The van der Waals surface area contributed by atoms with Crippen molar-refractivity contribution in [1.82, 2.24) is 10.2 Å². The van der Waals surface area contributed by atoms with Crippen LogP contribution in [0.1, 0.15) is 18.9 Å². The minimum Gasteiger partial charge on any atom is -0.353 e. The van der Waals surface area contributed by atoms with Crippen molar-refractivity contribution in [3.05, 3.63) is 58.1 Å². The number of carbonyl (C=O) groups excluding carboxylic acids is 2. The van der Waals surface area contributed by atoms with Crippen LogP contribution in [0, 0.1) is 0 Å². The van der Waals surface area contributed by atoms with E-state index in [9.17, 15) is 9.59 Å². The summed E-state index contributed by atoms with van der Waals surface area (Å²) in [5, 5.41) is 9.66. The van der Waals surface area contributed by atoms with Crippen molar-refractivity contribution >= 4 is 63.7 Å². The van der Waals surface area contributed by atoms with Crippen LogP contribution in [0.4, 0.5) is 11.4 Å². The van der Waals surface area contributed by atoms with Crippen molar-refractivity contribution in [2.75, 3.05) is 23.7 Å². The van der Waals surface area contributed by atoms with Crippen molar-refractivity contribution in [2.45, 2.75) is 25.8 Å². The molecule has 0 spiro atoms. The van der Waals surface area contributed by atoms with Gasteiger partial charge in [-0.2, -0.15) is 0 Å². The first kappa shape index (κ1) is 22.3. The van der Waals surface area contributed by atoms with Crippen LogP contribution in [-0.2, 0) is 16.0 Å². The number of anilines is 2. The van der Waals surface area contributed by atoms with E-state index in [1.807, 2.05) is 24.3 Å². The van der Waals surface area contributed by atoms with E-state index in [-0.39, 0.29) is 23.3 Å². The van der Waals surface area contributed by atoms with Crippen molar-refractivity contribution in [3.8, 4) is 0 Å². The van der Waals surface area contributed by atoms with Crippen LogP contribution in [0.25, 0.3) is 0 Å². The number of nitrogens with one attached hydrogen (secondary N) is 3. The fourth-order valence-corrected chi connectivity index (χ4v) is 3.84. The lowest BCUT2D eigenvalue weighted by molar-refractivity contribution is -0.130. The third-order valence-corrected chi connectivity index (χ3v) is 5.97. The van der Waals surface area contributed by atoms with Crippen LogP contribution in [-0.4, -0.2) is 41.0 Å². The molecule has 2 aromatic rings. The largest absolute Gasteiger partial charge is 0.353 e. The van der Waals surface area contributed by atoms with E-state index < -0.39 is 6.04 Å². The number of rotatable bonds is 5. The lowest BCUT2D eigenvalue weighted by atomic mass is 10.1. The second kappa shape index (κ2) is 10.1. The predicted molar refractivity (Wildman–Crippen MR) is 125 cm³/mol. The maximum atomic E-state index is 12.6. The molecule has 1 fully saturated rings. The molecule has 1 saturated heterocycles. The lowest BCUT2D eigenvalue weighted by Gasteiger charge is -2.36. The molecule has 1 heterocycles. The number of halogens is 2. The zero-order valence-electron chi connectivity index (χ0n) is 16.4. The molecule has 9 heteroatoms. The van der Waals surface area contributed by atoms with E-state index in [1.165, 1.54) is 5.56 Å². The van der Waals surface area contributed by atoms with Crippen molar-refractivity contribution in [3.63, 3.8) is 0 Å². The summed E-state index contributed by atoms with van der Waals surface area (Å²) in [6.07, 6.45) is 0.871. The first-order valence-corrected chi connectivity index (χ1v) is 10.7. The van der Waals surface area contributed by atoms with E-state index in [2.05, 4.69) is 22.9 Å². The maximum absolute atomic E-state index is 12.6. The topological polar surface area (TPSA) is 73.5 Å². The zero-order chi connectivity index (χ0) is 21.7. The molecule has 1 aliphatic heterocycles. The standard InChI is InChI=1S/C21H22Cl2N4O2S/c1-2-13-6-8-14(9-7-13)25-21(30)27-11-10-24-20(29)17(27)12-18(28)26-16-5-3-4-15(22)19(16)23/h3-9,17H,2,10-12H2,1H3,(H,24,29)(H,25,30)(H,26,28)/t17-/m1/s1. The number of thiocarbonyl (C=S) groups is 1. The van der Waals surface area contributed by atoms with Crippen molar-refractivity contribution in [1.29, 1.82) is 0 Å². The summed E-state index contributed by atoms with van der Waals surface area (Å²) in [5.41, 5.74) is 2.45. The van der Waals surface area contributed by atoms with Gasteiger partial charge in [-0.15, -0.1) is 0 Å². The number of amides is 2. The molecule has 0 bridgehead atoms. The summed E-state index contributed by atoms with van der Waals surface area (Å²) in [6, 6.07) is 12.2. The molecule has 0 radical (unpaired) electrons. The van der Waals surface area contributed by atoms with E-state index in [0.717, 1.165) is 12.1 Å². The van der Waals surface area contributed by atoms with Gasteiger partial charge in [-0.1, -0.05) is 48.3 Å². The van der Waals surface area contributed by atoms with Gasteiger partial charge in [0, 0.05) is 18.8 Å². The highest BCUT2D eigenvalue weighted by Gasteiger charge is 2.33. The Balaban J connectivity index is 1.68. The predicted octanol–water partition coefficient (Wildman–Crippen LogP) is 4.08. The molecule has 0 aliphatic carbocycles. The van der Waals surface area contributed by atoms with E-state index in [4.69, 9.17) is 35.4 Å². The summed E-state index contributed by atoms with van der Waals surface area (Å²) in [7, 11) is 0. The van der Waals surface area contributed by atoms with Gasteiger partial charge in [-0.3, -0.25) is 9.59 Å². The fourth-order valence-electron chi connectivity index (χ4n) is 3.16. The number of benzene rings is 2. The molecule has 1 atom stereocenters. The van der Waals surface area contributed by atoms with Gasteiger partial charge in [0.2, 0.25) is 11.8 Å². The maximum Gasteiger partial charge on any atom is 0.243 e. The Hall–Kier alpha value is -2.35. The Bertz CT molecular complexity index is 953. The molecule has 2 amide bonds. The molecular weight excluding hydrogens is 443 g/mol. The van der Waals surface area contributed by atoms with Gasteiger partial charge in [-0.25, -0.2) is 0 Å². The highest BCUT2D eigenvalue weighted by molar-refractivity contribution is 7.80. The first-order valence-electron chi connectivity index (χ1n) is 9.57. The number of hydrogen-bond acceptors (Lipinski definition) is 3. The van der Waals surface area contributed by atoms with Crippen LogP contribution in [0.15, 0.2) is 42.5 Å². The van der Waals surface area contributed by atoms with Crippen molar-refractivity contribution in [2.24, 2.45) is 0 Å². The van der Waals surface area contributed by atoms with Gasteiger partial charge < -0.3 is 20.9 Å². The van der Waals surface area contributed by atoms with Gasteiger partial charge in [0.25, 0.3) is 0 Å². The summed E-state index contributed by atoms with van der Waals surface area (Å²) < 4.78 is 0. The molecule has 3 rings (SSSR count). The monoisotopic (exact) mass is 464 g/mol. The van der Waals surface area contributed by atoms with E-state index in [0.29, 0.717) is 28.9 Å². The minimum absolute atomic E-state index is 0.0781. The van der Waals surface area contributed by atoms with E-state index >= 15 is 0 Å². The molecule has 158 valence electrons. The second-order valence-corrected chi connectivity index (χ2v) is 8.01. The van der Waals surface area contributed by atoms with Crippen LogP contribution < -0.4 is 16.0 Å². The van der Waals surface area contributed by atoms with Crippen LogP contribution in [0.2, 0.25) is 10.0 Å². The average molecular weight is 465 g/mol. The quantitative estimate of drug-likeness (QED) is 0.581. The SMILES string of the molecule is CCc1ccc(NC(=S)N2CCNC(=O)[C@H]2CC(=O)Nc2cccc(Cl)c2Cl)cc1. The Kier molecular flexibility index (Phi) is 7.53. The summed E-state index contributed by atoms with van der Waals surface area (Å²) >= 11 is 17.7. The van der Waals surface area contributed by atoms with Gasteiger partial charge in [0.1, 0.15) is 6.04 Å². The molecule has 0 unspecified atom stereocenters. The molecule has 6 nitrogen and oxygen atoms in total. The molecule has 2 aromatic carbocycles. The molecule has 0 aromatic heterocycles. The second-order valence-electron chi connectivity index (χ2n) is 6.83. The summed E-state index contributed by atoms with van der Waals surface area (Å²) in [5.74, 6) is -0.611. The molecule has 30 heavy (non-hydrogen) atoms. The van der Waals surface area contributed by atoms with Crippen LogP contribution in [0.3, 0.4) is 0 Å². The average Bonchev–Trinajstić information content (AvgIpc) is 2.73. The molecule has 3 N–H and O–H groups in total. The number of piperazine rings is 1. The minimum atomic E-state index is -0.730. The number of aryl methyl sites for hydroxylation is 1. The van der Waals surface area contributed by atoms with Gasteiger partial charge in [-0.05, 0) is 48.5 Å². The summed E-state index contributed by atoms with van der Waals surface area (Å²) in [4.78, 5) is 26.8. The number of carbonyl (C=O) groups is 2. The van der Waals surface area contributed by atoms with Gasteiger partial charge in [0.05, 0.1) is 22.2 Å². The van der Waals surface area contributed by atoms with Crippen LogP contribution in [0.5, 0.6) is 0 Å². The van der Waals surface area contributed by atoms with Gasteiger partial charge >= 0.3 is 0 Å². The van der Waals surface area contributed by atoms with E-state index in [1.54, 1.807) is 23.1 Å². The molecule has 0 saturated carbocycles. The summed E-state index contributed by atoms with van der Waals surface area (Å²) in [6.45, 7) is 3.04. The normalized spacial score (nSPS) is 16.0. The third-order valence-electron chi connectivity index (χ3n) is 4.81. The molecule has 1 aliphatic rings. The molecular formula is C21H22Cl2N4O2S. The highest BCUT2D eigenvalue weighted by atomic mass is 35.5. The zero-order valence-corrected chi connectivity index (χ0v) is 18.7. The Morgan fingerprint density at radius 2 is 1.93 bits per heavy atom. The van der Waals surface area contributed by atoms with Gasteiger partial charge in [0.15, 0.2) is 5.11 Å². The van der Waals surface area contributed by atoms with Crippen molar-refractivity contribution < 1.29 is 9.59 Å². The third kappa shape index (κ3) is 5.41. The number of hydrogen-bond donors (Lipinski definition) is 3. The Labute approximate surface area is 190 Å². The first-order chi connectivity index (χ1) is 14.4. The number of nitrogens with zero attached hydrogens (tertiary/aromatic N) is 1. The Morgan fingerprint density at radius 1 is 1.20 bits per heavy atom. The fraction of sp³-hybridized carbons (Fsp3) is 0.286. The lowest BCUT2D eigenvalue weighted by Crippen LogP contribution is -2.58.